The van der Waals surface area contributed by atoms with Crippen LogP contribution in [0.5, 0.6) is 0 Å². The van der Waals surface area contributed by atoms with E-state index in [2.05, 4.69) is 10.1 Å². The average Bonchev–Trinajstić information content (AvgIpc) is 3.09. The van der Waals surface area contributed by atoms with Crippen LogP contribution in [0.25, 0.3) is 0 Å². The zero-order valence-corrected chi connectivity index (χ0v) is 14.4. The molecule has 1 amide bonds. The predicted molar refractivity (Wildman–Crippen MR) is 85.2 cm³/mol. The van der Waals surface area contributed by atoms with Crippen molar-refractivity contribution in [2.45, 2.75) is 32.7 Å². The van der Waals surface area contributed by atoms with Gasteiger partial charge in [-0.1, -0.05) is 12.1 Å². The Hall–Kier alpha value is -1.41. The van der Waals surface area contributed by atoms with Crippen molar-refractivity contribution in [3.63, 3.8) is 0 Å². The molecule has 1 aromatic heterocycles. The van der Waals surface area contributed by atoms with Gasteiger partial charge in [0.05, 0.1) is 17.2 Å². The minimum absolute atomic E-state index is 0.0284. The molecule has 0 aromatic carbocycles. The van der Waals surface area contributed by atoms with Crippen LogP contribution < -0.4 is 0 Å². The fourth-order valence-electron chi connectivity index (χ4n) is 3.45. The molecule has 0 aliphatic carbocycles. The van der Waals surface area contributed by atoms with E-state index in [1.807, 2.05) is 11.8 Å². The van der Waals surface area contributed by atoms with Crippen molar-refractivity contribution in [2.75, 3.05) is 37.7 Å². The number of aryl methyl sites for hydroxylation is 2. The highest BCUT2D eigenvalue weighted by atomic mass is 32.2. The van der Waals surface area contributed by atoms with Crippen molar-refractivity contribution in [2.24, 2.45) is 0 Å². The van der Waals surface area contributed by atoms with Crippen LogP contribution in [-0.2, 0) is 16.3 Å². The molecular formula is C15H23N3O4S. The Bertz CT molecular complexity index is 690. The van der Waals surface area contributed by atoms with E-state index in [4.69, 9.17) is 4.52 Å². The zero-order chi connectivity index (χ0) is 16.6. The Morgan fingerprint density at radius 3 is 2.57 bits per heavy atom. The molecule has 23 heavy (non-hydrogen) atoms. The number of amides is 1. The highest BCUT2D eigenvalue weighted by Gasteiger charge is 2.35. The number of sulfone groups is 1. The first kappa shape index (κ1) is 16.4. The maximum atomic E-state index is 12.7. The molecule has 0 N–H and O–H groups in total. The Labute approximate surface area is 136 Å². The summed E-state index contributed by atoms with van der Waals surface area (Å²) in [4.78, 5) is 16.7. The van der Waals surface area contributed by atoms with Crippen molar-refractivity contribution in [3.05, 3.63) is 17.0 Å². The minimum Gasteiger partial charge on any atom is -0.361 e. The molecule has 8 heteroatoms. The summed E-state index contributed by atoms with van der Waals surface area (Å²) in [5, 5.41) is 3.94. The number of hydrogen-bond donors (Lipinski definition) is 0. The summed E-state index contributed by atoms with van der Waals surface area (Å²) in [6.45, 7) is 6.38. The topological polar surface area (TPSA) is 83.7 Å². The van der Waals surface area contributed by atoms with Gasteiger partial charge in [0.1, 0.15) is 11.3 Å². The van der Waals surface area contributed by atoms with Crippen LogP contribution in [-0.4, -0.2) is 73.0 Å². The van der Waals surface area contributed by atoms with Gasteiger partial charge in [0, 0.05) is 32.2 Å². The monoisotopic (exact) mass is 341 g/mol. The van der Waals surface area contributed by atoms with Gasteiger partial charge in [0.15, 0.2) is 9.84 Å². The first-order valence-corrected chi connectivity index (χ1v) is 9.92. The Morgan fingerprint density at radius 1 is 1.30 bits per heavy atom. The number of piperazine rings is 1. The number of nitrogens with zero attached hydrogens (tertiary/aromatic N) is 3. The second-order valence-electron chi connectivity index (χ2n) is 6.30. The largest absolute Gasteiger partial charge is 0.361 e. The molecule has 3 rings (SSSR count). The van der Waals surface area contributed by atoms with Gasteiger partial charge in [-0.3, -0.25) is 9.69 Å². The molecule has 0 bridgehead atoms. The second kappa shape index (κ2) is 6.24. The van der Waals surface area contributed by atoms with E-state index < -0.39 is 9.84 Å². The van der Waals surface area contributed by atoms with Crippen molar-refractivity contribution in [1.29, 1.82) is 0 Å². The van der Waals surface area contributed by atoms with Gasteiger partial charge < -0.3 is 9.42 Å². The first-order valence-electron chi connectivity index (χ1n) is 8.10. The highest BCUT2D eigenvalue weighted by Crippen LogP contribution is 2.21. The van der Waals surface area contributed by atoms with Crippen LogP contribution in [0.15, 0.2) is 4.52 Å². The number of aromatic nitrogens is 1. The molecule has 0 unspecified atom stereocenters. The molecule has 0 spiro atoms. The van der Waals surface area contributed by atoms with Gasteiger partial charge in [0.25, 0.3) is 5.91 Å². The third-order valence-corrected chi connectivity index (χ3v) is 6.56. The molecule has 0 radical (unpaired) electrons. The maximum Gasteiger partial charge on any atom is 0.259 e. The van der Waals surface area contributed by atoms with Crippen LogP contribution in [0.2, 0.25) is 0 Å². The normalized spacial score (nSPS) is 25.0. The fourth-order valence-corrected chi connectivity index (χ4v) is 5.21. The van der Waals surface area contributed by atoms with Crippen LogP contribution in [0.1, 0.15) is 35.2 Å². The smallest absolute Gasteiger partial charge is 0.259 e. The SMILES string of the molecule is CCc1noc(C)c1C(=O)N1CCN([C@@H]2CCS(=O)(=O)C2)CC1. The molecule has 2 fully saturated rings. The molecule has 2 aliphatic rings. The van der Waals surface area contributed by atoms with Crippen molar-refractivity contribution in [3.8, 4) is 0 Å². The van der Waals surface area contributed by atoms with E-state index in [0.717, 1.165) is 13.1 Å². The summed E-state index contributed by atoms with van der Waals surface area (Å²) < 4.78 is 28.4. The molecule has 2 aliphatic heterocycles. The van der Waals surface area contributed by atoms with Gasteiger partial charge in [-0.05, 0) is 19.8 Å². The Balaban J connectivity index is 1.63. The molecule has 1 atom stereocenters. The van der Waals surface area contributed by atoms with Gasteiger partial charge in [0.2, 0.25) is 0 Å². The summed E-state index contributed by atoms with van der Waals surface area (Å²) >= 11 is 0. The summed E-state index contributed by atoms with van der Waals surface area (Å²) in [6.07, 6.45) is 1.37. The third kappa shape index (κ3) is 3.28. The van der Waals surface area contributed by atoms with E-state index in [1.54, 1.807) is 6.92 Å². The number of rotatable bonds is 3. The molecule has 128 valence electrons. The molecule has 3 heterocycles. The van der Waals surface area contributed by atoms with Gasteiger partial charge in [-0.15, -0.1) is 0 Å². The summed E-state index contributed by atoms with van der Waals surface area (Å²) in [5.41, 5.74) is 1.29. The first-order chi connectivity index (χ1) is 10.9. The zero-order valence-electron chi connectivity index (χ0n) is 13.6. The third-order valence-electron chi connectivity index (χ3n) is 4.81. The lowest BCUT2D eigenvalue weighted by molar-refractivity contribution is 0.0585. The van der Waals surface area contributed by atoms with Gasteiger partial charge in [-0.25, -0.2) is 8.42 Å². The van der Waals surface area contributed by atoms with Crippen LogP contribution in [0.4, 0.5) is 0 Å². The predicted octanol–water partition coefficient (Wildman–Crippen LogP) is 0.490. The van der Waals surface area contributed by atoms with E-state index in [0.29, 0.717) is 42.9 Å². The maximum absolute atomic E-state index is 12.7. The molecule has 0 saturated carbocycles. The van der Waals surface area contributed by atoms with E-state index >= 15 is 0 Å². The standard InChI is InChI=1S/C15H23N3O4S/c1-3-13-14(11(2)22-16-13)15(19)18-7-5-17(6-8-18)12-4-9-23(20,21)10-12/h12H,3-10H2,1-2H3/t12-/m1/s1. The summed E-state index contributed by atoms with van der Waals surface area (Å²) in [7, 11) is -2.87. The number of hydrogen-bond acceptors (Lipinski definition) is 6. The molecule has 2 saturated heterocycles. The van der Waals surface area contributed by atoms with E-state index in [-0.39, 0.29) is 23.5 Å². The highest BCUT2D eigenvalue weighted by molar-refractivity contribution is 7.91. The lowest BCUT2D eigenvalue weighted by Crippen LogP contribution is -2.52. The number of carbonyl (C=O) groups is 1. The van der Waals surface area contributed by atoms with Crippen LogP contribution in [0, 0.1) is 6.92 Å². The van der Waals surface area contributed by atoms with Crippen molar-refractivity contribution >= 4 is 15.7 Å². The van der Waals surface area contributed by atoms with Crippen molar-refractivity contribution < 1.29 is 17.7 Å². The van der Waals surface area contributed by atoms with Crippen LogP contribution in [0.3, 0.4) is 0 Å². The lowest BCUT2D eigenvalue weighted by Gasteiger charge is -2.37. The van der Waals surface area contributed by atoms with Crippen LogP contribution >= 0.6 is 0 Å². The second-order valence-corrected chi connectivity index (χ2v) is 8.53. The quantitative estimate of drug-likeness (QED) is 0.796. The molecular weight excluding hydrogens is 318 g/mol. The Morgan fingerprint density at radius 2 is 2.00 bits per heavy atom. The van der Waals surface area contributed by atoms with Gasteiger partial charge >= 0.3 is 0 Å². The average molecular weight is 341 g/mol. The lowest BCUT2D eigenvalue weighted by atomic mass is 10.1. The Kier molecular flexibility index (Phi) is 4.46. The summed E-state index contributed by atoms with van der Waals surface area (Å²) in [6, 6.07) is 0.112. The molecule has 1 aromatic rings. The fraction of sp³-hybridized carbons (Fsp3) is 0.733. The molecule has 7 nitrogen and oxygen atoms in total. The summed E-state index contributed by atoms with van der Waals surface area (Å²) in [5.74, 6) is 1.08. The minimum atomic E-state index is -2.87. The van der Waals surface area contributed by atoms with E-state index in [1.165, 1.54) is 0 Å². The van der Waals surface area contributed by atoms with Gasteiger partial charge in [-0.2, -0.15) is 0 Å². The van der Waals surface area contributed by atoms with E-state index in [9.17, 15) is 13.2 Å². The van der Waals surface area contributed by atoms with Crippen molar-refractivity contribution in [1.82, 2.24) is 15.0 Å². The number of carbonyl (C=O) groups excluding carboxylic acids is 1.